The fourth-order valence-electron chi connectivity index (χ4n) is 2.45. The Morgan fingerprint density at radius 1 is 1.47 bits per heavy atom. The number of hydrogen-bond acceptors (Lipinski definition) is 2. The van der Waals surface area contributed by atoms with Crippen LogP contribution in [0.5, 0.6) is 0 Å². The van der Waals surface area contributed by atoms with Gasteiger partial charge in [0.2, 0.25) is 0 Å². The molecule has 1 amide bonds. The first-order chi connectivity index (χ1) is 8.22. The summed E-state index contributed by atoms with van der Waals surface area (Å²) in [5, 5.41) is 0.422. The second-order valence-corrected chi connectivity index (χ2v) is 4.79. The fourth-order valence-corrected chi connectivity index (χ4v) is 2.56. The zero-order chi connectivity index (χ0) is 12.3. The van der Waals surface area contributed by atoms with Crippen LogP contribution < -0.4 is 0 Å². The smallest absolute Gasteiger partial charge is 0.255 e. The van der Waals surface area contributed by atoms with E-state index in [1.54, 1.807) is 18.3 Å². The third kappa shape index (κ3) is 2.78. The van der Waals surface area contributed by atoms with Gasteiger partial charge in [0.05, 0.1) is 5.56 Å². The van der Waals surface area contributed by atoms with Crippen molar-refractivity contribution in [1.29, 1.82) is 0 Å². The van der Waals surface area contributed by atoms with Crippen LogP contribution in [0.4, 0.5) is 0 Å². The molecular formula is C13H17ClN2O. The predicted molar refractivity (Wildman–Crippen MR) is 68.2 cm³/mol. The summed E-state index contributed by atoms with van der Waals surface area (Å²) in [6, 6.07) is 3.82. The van der Waals surface area contributed by atoms with Gasteiger partial charge < -0.3 is 4.90 Å². The zero-order valence-electron chi connectivity index (χ0n) is 10.0. The van der Waals surface area contributed by atoms with Gasteiger partial charge in [0.15, 0.2) is 0 Å². The van der Waals surface area contributed by atoms with E-state index in [2.05, 4.69) is 4.98 Å². The van der Waals surface area contributed by atoms with Crippen LogP contribution in [0.15, 0.2) is 18.3 Å². The lowest BCUT2D eigenvalue weighted by molar-refractivity contribution is 0.0693. The van der Waals surface area contributed by atoms with Crippen molar-refractivity contribution in [2.45, 2.75) is 38.6 Å². The van der Waals surface area contributed by atoms with Crippen molar-refractivity contribution in [3.05, 3.63) is 29.0 Å². The molecule has 17 heavy (non-hydrogen) atoms. The van der Waals surface area contributed by atoms with Gasteiger partial charge in [-0.2, -0.15) is 0 Å². The lowest BCUT2D eigenvalue weighted by atomic mass is 10.1. The van der Waals surface area contributed by atoms with E-state index < -0.39 is 0 Å². The summed E-state index contributed by atoms with van der Waals surface area (Å²) < 4.78 is 0. The van der Waals surface area contributed by atoms with Crippen LogP contribution in [0.3, 0.4) is 0 Å². The largest absolute Gasteiger partial charge is 0.336 e. The summed E-state index contributed by atoms with van der Waals surface area (Å²) in [7, 11) is 0. The van der Waals surface area contributed by atoms with E-state index in [9.17, 15) is 4.79 Å². The molecule has 0 unspecified atom stereocenters. The molecule has 1 aromatic heterocycles. The van der Waals surface area contributed by atoms with E-state index >= 15 is 0 Å². The van der Waals surface area contributed by atoms with Crippen LogP contribution in [0.2, 0.25) is 5.15 Å². The second kappa shape index (κ2) is 5.50. The van der Waals surface area contributed by atoms with Gasteiger partial charge in [-0.3, -0.25) is 4.79 Å². The van der Waals surface area contributed by atoms with E-state index in [0.29, 0.717) is 16.8 Å². The number of amides is 1. The zero-order valence-corrected chi connectivity index (χ0v) is 10.8. The summed E-state index contributed by atoms with van der Waals surface area (Å²) in [6.07, 6.45) is 6.27. The lowest BCUT2D eigenvalue weighted by Crippen LogP contribution is -2.38. The Morgan fingerprint density at radius 3 is 2.71 bits per heavy atom. The minimum atomic E-state index is 0.0727. The molecule has 1 aromatic rings. The van der Waals surface area contributed by atoms with Crippen molar-refractivity contribution in [2.24, 2.45) is 0 Å². The summed E-state index contributed by atoms with van der Waals surface area (Å²) in [5.74, 6) is 0.0727. The molecule has 1 aliphatic rings. The van der Waals surface area contributed by atoms with Gasteiger partial charge in [0.1, 0.15) is 5.15 Å². The predicted octanol–water partition coefficient (Wildman–Crippen LogP) is 3.14. The quantitative estimate of drug-likeness (QED) is 0.775. The van der Waals surface area contributed by atoms with E-state index in [1.165, 1.54) is 12.8 Å². The van der Waals surface area contributed by atoms with Crippen LogP contribution in [0.25, 0.3) is 0 Å². The SMILES string of the molecule is CCN(C(=O)c1ccc(Cl)nc1)C1CCCC1. The molecule has 0 atom stereocenters. The molecule has 4 heteroatoms. The number of hydrogen-bond donors (Lipinski definition) is 0. The Balaban J connectivity index is 2.13. The number of carbonyl (C=O) groups is 1. The Morgan fingerprint density at radius 2 is 2.18 bits per heavy atom. The van der Waals surface area contributed by atoms with Gasteiger partial charge in [0, 0.05) is 18.8 Å². The minimum absolute atomic E-state index is 0.0727. The molecule has 0 N–H and O–H groups in total. The molecule has 1 heterocycles. The van der Waals surface area contributed by atoms with Crippen molar-refractivity contribution in [3.8, 4) is 0 Å². The Kier molecular flexibility index (Phi) is 4.00. The van der Waals surface area contributed by atoms with Crippen LogP contribution in [0.1, 0.15) is 43.0 Å². The first kappa shape index (κ1) is 12.4. The highest BCUT2D eigenvalue weighted by molar-refractivity contribution is 6.29. The van der Waals surface area contributed by atoms with Gasteiger partial charge in [-0.15, -0.1) is 0 Å². The minimum Gasteiger partial charge on any atom is -0.336 e. The maximum Gasteiger partial charge on any atom is 0.255 e. The summed E-state index contributed by atoms with van der Waals surface area (Å²) >= 11 is 5.72. The van der Waals surface area contributed by atoms with E-state index in [-0.39, 0.29) is 5.91 Å². The highest BCUT2D eigenvalue weighted by atomic mass is 35.5. The van der Waals surface area contributed by atoms with E-state index in [1.807, 2.05) is 11.8 Å². The number of carbonyl (C=O) groups excluding carboxylic acids is 1. The van der Waals surface area contributed by atoms with Gasteiger partial charge in [0.25, 0.3) is 5.91 Å². The Bertz CT molecular complexity index is 385. The first-order valence-electron chi connectivity index (χ1n) is 6.15. The number of aromatic nitrogens is 1. The molecule has 0 aliphatic heterocycles. The van der Waals surface area contributed by atoms with Gasteiger partial charge >= 0.3 is 0 Å². The number of rotatable bonds is 3. The fraction of sp³-hybridized carbons (Fsp3) is 0.538. The van der Waals surface area contributed by atoms with Crippen molar-refractivity contribution >= 4 is 17.5 Å². The molecule has 2 rings (SSSR count). The van der Waals surface area contributed by atoms with Gasteiger partial charge in [-0.05, 0) is 31.9 Å². The van der Waals surface area contributed by atoms with Crippen molar-refractivity contribution in [3.63, 3.8) is 0 Å². The van der Waals surface area contributed by atoms with Crippen molar-refractivity contribution < 1.29 is 4.79 Å². The van der Waals surface area contributed by atoms with Crippen LogP contribution in [-0.2, 0) is 0 Å². The molecule has 92 valence electrons. The van der Waals surface area contributed by atoms with Gasteiger partial charge in [-0.25, -0.2) is 4.98 Å². The Labute approximate surface area is 107 Å². The highest BCUT2D eigenvalue weighted by Crippen LogP contribution is 2.24. The molecular weight excluding hydrogens is 236 g/mol. The van der Waals surface area contributed by atoms with Crippen LogP contribution in [0, 0.1) is 0 Å². The van der Waals surface area contributed by atoms with Crippen molar-refractivity contribution in [1.82, 2.24) is 9.88 Å². The third-order valence-corrected chi connectivity index (χ3v) is 3.56. The number of nitrogens with zero attached hydrogens (tertiary/aromatic N) is 2. The van der Waals surface area contributed by atoms with E-state index in [4.69, 9.17) is 11.6 Å². The molecule has 0 aromatic carbocycles. The lowest BCUT2D eigenvalue weighted by Gasteiger charge is -2.27. The van der Waals surface area contributed by atoms with Crippen LogP contribution >= 0.6 is 11.6 Å². The summed E-state index contributed by atoms with van der Waals surface area (Å²) in [4.78, 5) is 18.2. The standard InChI is InChI=1S/C13H17ClN2O/c1-2-16(11-5-3-4-6-11)13(17)10-7-8-12(14)15-9-10/h7-9,11H,2-6H2,1H3. The van der Waals surface area contributed by atoms with Gasteiger partial charge in [-0.1, -0.05) is 24.4 Å². The maximum absolute atomic E-state index is 12.3. The molecule has 1 saturated carbocycles. The number of halogens is 1. The highest BCUT2D eigenvalue weighted by Gasteiger charge is 2.26. The molecule has 0 radical (unpaired) electrons. The third-order valence-electron chi connectivity index (χ3n) is 3.34. The Hall–Kier alpha value is -1.09. The molecule has 1 fully saturated rings. The summed E-state index contributed by atoms with van der Waals surface area (Å²) in [6.45, 7) is 2.78. The van der Waals surface area contributed by atoms with E-state index in [0.717, 1.165) is 19.4 Å². The monoisotopic (exact) mass is 252 g/mol. The number of pyridine rings is 1. The normalized spacial score (nSPS) is 16.1. The molecule has 0 saturated heterocycles. The average Bonchev–Trinajstić information content (AvgIpc) is 2.84. The topological polar surface area (TPSA) is 33.2 Å². The average molecular weight is 253 g/mol. The molecule has 0 bridgehead atoms. The molecule has 0 spiro atoms. The molecule has 1 aliphatic carbocycles. The summed E-state index contributed by atoms with van der Waals surface area (Å²) in [5.41, 5.74) is 0.628. The van der Waals surface area contributed by atoms with Crippen molar-refractivity contribution in [2.75, 3.05) is 6.54 Å². The first-order valence-corrected chi connectivity index (χ1v) is 6.52. The molecule has 3 nitrogen and oxygen atoms in total. The van der Waals surface area contributed by atoms with Crippen LogP contribution in [-0.4, -0.2) is 28.4 Å². The maximum atomic E-state index is 12.3. The second-order valence-electron chi connectivity index (χ2n) is 4.40.